The maximum atomic E-state index is 3.91. The Morgan fingerprint density at radius 2 is 1.75 bits per heavy atom. The highest BCUT2D eigenvalue weighted by atomic mass is 14.9. The van der Waals surface area contributed by atoms with Gasteiger partial charge in [0.05, 0.1) is 0 Å². The van der Waals surface area contributed by atoms with Crippen LogP contribution in [0.15, 0.2) is 36.0 Å². The van der Waals surface area contributed by atoms with Crippen LogP contribution in [0.5, 0.6) is 0 Å². The van der Waals surface area contributed by atoms with Crippen LogP contribution in [0.3, 0.4) is 0 Å². The highest BCUT2D eigenvalue weighted by Crippen LogP contribution is 2.27. The Bertz CT molecular complexity index is 381. The fraction of sp³-hybridized carbons (Fsp3) is 0.739. The third-order valence-electron chi connectivity index (χ3n) is 5.22. The average molecular weight is 332 g/mol. The summed E-state index contributed by atoms with van der Waals surface area (Å²) in [5.74, 6) is 1.79. The largest absolute Gasteiger partial charge is 0.316 e. The predicted molar refractivity (Wildman–Crippen MR) is 109 cm³/mol. The molecule has 1 nitrogen and oxygen atoms in total. The van der Waals surface area contributed by atoms with E-state index in [0.717, 1.165) is 11.8 Å². The van der Waals surface area contributed by atoms with Crippen molar-refractivity contribution in [2.45, 2.75) is 85.0 Å². The van der Waals surface area contributed by atoms with Crippen LogP contribution in [-0.2, 0) is 0 Å². The average Bonchev–Trinajstić information content (AvgIpc) is 2.53. The first-order valence-electron chi connectivity index (χ1n) is 10.4. The molecule has 0 saturated carbocycles. The van der Waals surface area contributed by atoms with Gasteiger partial charge in [0.15, 0.2) is 0 Å². The molecule has 0 radical (unpaired) electrons. The van der Waals surface area contributed by atoms with Crippen LogP contribution in [-0.4, -0.2) is 13.1 Å². The smallest absolute Gasteiger partial charge is 0.000518 e. The number of nitrogens with one attached hydrogen (secondary N) is 1. The highest BCUT2D eigenvalue weighted by molar-refractivity contribution is 5.27. The van der Waals surface area contributed by atoms with E-state index in [0.29, 0.717) is 0 Å². The van der Waals surface area contributed by atoms with Gasteiger partial charge >= 0.3 is 0 Å². The zero-order chi connectivity index (χ0) is 17.6. The Labute approximate surface area is 151 Å². The molecule has 0 unspecified atom stereocenters. The Morgan fingerprint density at radius 3 is 2.25 bits per heavy atom. The molecule has 24 heavy (non-hydrogen) atoms. The van der Waals surface area contributed by atoms with Crippen LogP contribution < -0.4 is 5.32 Å². The van der Waals surface area contributed by atoms with Crippen molar-refractivity contribution in [1.82, 2.24) is 5.32 Å². The molecule has 0 aromatic heterocycles. The van der Waals surface area contributed by atoms with Crippen molar-refractivity contribution in [1.29, 1.82) is 0 Å². The molecule has 138 valence electrons. The topological polar surface area (TPSA) is 12.0 Å². The molecule has 1 heteroatoms. The third-order valence-corrected chi connectivity index (χ3v) is 5.22. The summed E-state index contributed by atoms with van der Waals surface area (Å²) in [6.45, 7) is 13.3. The van der Waals surface area contributed by atoms with Gasteiger partial charge in [-0.1, -0.05) is 83.3 Å². The monoisotopic (exact) mass is 331 g/mol. The van der Waals surface area contributed by atoms with E-state index in [1.54, 1.807) is 5.57 Å². The van der Waals surface area contributed by atoms with Gasteiger partial charge in [0, 0.05) is 0 Å². The van der Waals surface area contributed by atoms with Gasteiger partial charge in [-0.2, -0.15) is 0 Å². The summed E-state index contributed by atoms with van der Waals surface area (Å²) in [6.07, 6.45) is 19.9. The molecule has 0 aromatic rings. The van der Waals surface area contributed by atoms with Gasteiger partial charge in [-0.15, -0.1) is 0 Å². The number of hydrogen-bond acceptors (Lipinski definition) is 1. The minimum atomic E-state index is 0.864. The van der Waals surface area contributed by atoms with E-state index in [4.69, 9.17) is 0 Å². The fourth-order valence-corrected chi connectivity index (χ4v) is 3.73. The van der Waals surface area contributed by atoms with Crippen molar-refractivity contribution < 1.29 is 0 Å². The van der Waals surface area contributed by atoms with Gasteiger partial charge in [-0.25, -0.2) is 0 Å². The lowest BCUT2D eigenvalue weighted by Crippen LogP contribution is -2.42. The molecule has 1 rings (SSSR count). The Hall–Kier alpha value is -0.820. The van der Waals surface area contributed by atoms with E-state index in [9.17, 15) is 0 Å². The molecule has 1 fully saturated rings. The van der Waals surface area contributed by atoms with Crippen molar-refractivity contribution in [3.05, 3.63) is 36.0 Å². The van der Waals surface area contributed by atoms with Crippen molar-refractivity contribution in [2.75, 3.05) is 13.1 Å². The number of rotatable bonds is 14. The van der Waals surface area contributed by atoms with E-state index >= 15 is 0 Å². The summed E-state index contributed by atoms with van der Waals surface area (Å²) in [7, 11) is 0. The predicted octanol–water partition coefficient (Wildman–Crippen LogP) is 6.82. The summed E-state index contributed by atoms with van der Waals surface area (Å²) in [4.78, 5) is 0. The van der Waals surface area contributed by atoms with Crippen LogP contribution in [0.4, 0.5) is 0 Å². The molecule has 1 saturated heterocycles. The first kappa shape index (κ1) is 21.2. The van der Waals surface area contributed by atoms with Crippen LogP contribution in [0, 0.1) is 11.8 Å². The van der Waals surface area contributed by atoms with Gasteiger partial charge < -0.3 is 5.32 Å². The fourth-order valence-electron chi connectivity index (χ4n) is 3.73. The minimum Gasteiger partial charge on any atom is -0.316 e. The lowest BCUT2D eigenvalue weighted by atomic mass is 9.86. The molecular formula is C23H41N. The summed E-state index contributed by atoms with van der Waals surface area (Å²) in [5, 5.41) is 3.43. The van der Waals surface area contributed by atoms with Gasteiger partial charge in [-0.05, 0) is 62.6 Å². The summed E-state index contributed by atoms with van der Waals surface area (Å²) < 4.78 is 0. The van der Waals surface area contributed by atoms with E-state index in [2.05, 4.69) is 44.8 Å². The summed E-state index contributed by atoms with van der Waals surface area (Å²) in [5.41, 5.74) is 3.17. The van der Waals surface area contributed by atoms with Crippen LogP contribution >= 0.6 is 0 Å². The maximum Gasteiger partial charge on any atom is -0.000518 e. The lowest BCUT2D eigenvalue weighted by Gasteiger charge is -2.29. The molecule has 1 heterocycles. The summed E-state index contributed by atoms with van der Waals surface area (Å²) in [6, 6.07) is 0. The molecule has 0 aromatic carbocycles. The molecule has 0 aliphatic carbocycles. The molecule has 0 atom stereocenters. The normalized spacial score (nSPS) is 16.5. The van der Waals surface area contributed by atoms with Crippen molar-refractivity contribution in [3.8, 4) is 0 Å². The molecule has 1 aliphatic rings. The van der Waals surface area contributed by atoms with E-state index in [-0.39, 0.29) is 0 Å². The number of hydrogen-bond donors (Lipinski definition) is 1. The SMILES string of the molecule is C=C/C=C(\C=C(\CCC(CCC)CCC)CC1CNC1)CCCC. The van der Waals surface area contributed by atoms with Crippen molar-refractivity contribution >= 4 is 0 Å². The van der Waals surface area contributed by atoms with Gasteiger partial charge in [0.2, 0.25) is 0 Å². The second-order valence-corrected chi connectivity index (χ2v) is 7.59. The third kappa shape index (κ3) is 8.87. The van der Waals surface area contributed by atoms with E-state index in [1.165, 1.54) is 82.9 Å². The van der Waals surface area contributed by atoms with Gasteiger partial charge in [-0.3, -0.25) is 0 Å². The second kappa shape index (κ2) is 13.5. The maximum absolute atomic E-state index is 3.91. The molecule has 1 aliphatic heterocycles. The zero-order valence-corrected chi connectivity index (χ0v) is 16.6. The Kier molecular flexibility index (Phi) is 11.9. The van der Waals surface area contributed by atoms with Crippen LogP contribution in [0.1, 0.15) is 85.0 Å². The molecular weight excluding hydrogens is 290 g/mol. The lowest BCUT2D eigenvalue weighted by molar-refractivity contribution is 0.337. The van der Waals surface area contributed by atoms with Gasteiger partial charge in [0.1, 0.15) is 0 Å². The highest BCUT2D eigenvalue weighted by Gasteiger charge is 2.19. The second-order valence-electron chi connectivity index (χ2n) is 7.59. The van der Waals surface area contributed by atoms with Crippen molar-refractivity contribution in [3.63, 3.8) is 0 Å². The van der Waals surface area contributed by atoms with Gasteiger partial charge in [0.25, 0.3) is 0 Å². The van der Waals surface area contributed by atoms with Crippen molar-refractivity contribution in [2.24, 2.45) is 11.8 Å². The number of allylic oxidation sites excluding steroid dienone is 5. The van der Waals surface area contributed by atoms with Crippen LogP contribution in [0.2, 0.25) is 0 Å². The minimum absolute atomic E-state index is 0.864. The Morgan fingerprint density at radius 1 is 1.04 bits per heavy atom. The van der Waals surface area contributed by atoms with E-state index < -0.39 is 0 Å². The van der Waals surface area contributed by atoms with E-state index in [1.807, 2.05) is 6.08 Å². The summed E-state index contributed by atoms with van der Waals surface area (Å²) >= 11 is 0. The zero-order valence-electron chi connectivity index (χ0n) is 16.6. The molecule has 1 N–H and O–H groups in total. The molecule has 0 spiro atoms. The standard InChI is InChI=1S/C23H41N/c1-5-9-13-21(12-8-4)16-22(17-23-18-24-19-23)15-14-20(10-6-2)11-7-3/h8,12,16,20,23-24H,4-7,9-11,13-15,17-19H2,1-3H3/b21-12-,22-16-. The number of unbranched alkanes of at least 4 members (excludes halogenated alkanes) is 1. The Balaban J connectivity index is 2.70. The van der Waals surface area contributed by atoms with Crippen LogP contribution in [0.25, 0.3) is 0 Å². The molecule has 0 bridgehead atoms. The molecule has 0 amide bonds. The first-order valence-corrected chi connectivity index (χ1v) is 10.4. The quantitative estimate of drug-likeness (QED) is 0.344. The first-order chi connectivity index (χ1) is 11.7.